The predicted molar refractivity (Wildman–Crippen MR) is 85.0 cm³/mol. The van der Waals surface area contributed by atoms with Crippen molar-refractivity contribution in [3.05, 3.63) is 95.6 Å². The average Bonchev–Trinajstić information content (AvgIpc) is 3.03. The number of rotatable bonds is 2. The highest BCUT2D eigenvalue weighted by molar-refractivity contribution is 5.60. The van der Waals surface area contributed by atoms with Crippen LogP contribution >= 0.6 is 0 Å². The molecular formula is C19H16N2. The van der Waals surface area contributed by atoms with Crippen molar-refractivity contribution in [3.8, 4) is 0 Å². The predicted octanol–water partition coefficient (Wildman–Crippen LogP) is 3.97. The Hall–Kier alpha value is -2.61. The molecule has 1 N–H and O–H groups in total. The monoisotopic (exact) mass is 272 g/mol. The lowest BCUT2D eigenvalue weighted by Gasteiger charge is -2.34. The number of hydrogen-bond acceptors (Lipinski definition) is 1. The van der Waals surface area contributed by atoms with Crippen molar-refractivity contribution in [1.82, 2.24) is 9.97 Å². The Morgan fingerprint density at radius 1 is 0.857 bits per heavy atom. The minimum absolute atomic E-state index is 0.123. The summed E-state index contributed by atoms with van der Waals surface area (Å²) in [4.78, 5) is 7.66. The first kappa shape index (κ1) is 12.2. The molecule has 1 heterocycles. The van der Waals surface area contributed by atoms with Gasteiger partial charge >= 0.3 is 0 Å². The Morgan fingerprint density at radius 3 is 2.10 bits per heavy atom. The van der Waals surface area contributed by atoms with Crippen molar-refractivity contribution in [2.45, 2.75) is 11.8 Å². The van der Waals surface area contributed by atoms with Gasteiger partial charge < -0.3 is 4.98 Å². The lowest BCUT2D eigenvalue weighted by molar-refractivity contribution is 0.623. The molecule has 1 aliphatic carbocycles. The summed E-state index contributed by atoms with van der Waals surface area (Å²) in [6, 6.07) is 21.4. The van der Waals surface area contributed by atoms with Crippen molar-refractivity contribution in [1.29, 1.82) is 0 Å². The number of fused-ring (bicyclic) bond motifs is 1. The fourth-order valence-corrected chi connectivity index (χ4v) is 3.21. The van der Waals surface area contributed by atoms with Gasteiger partial charge in [-0.25, -0.2) is 4.98 Å². The Kier molecular flexibility index (Phi) is 2.74. The summed E-state index contributed by atoms with van der Waals surface area (Å²) < 4.78 is 0. The summed E-state index contributed by atoms with van der Waals surface area (Å²) >= 11 is 0. The van der Waals surface area contributed by atoms with E-state index in [2.05, 4.69) is 82.8 Å². The molecule has 0 amide bonds. The topological polar surface area (TPSA) is 28.7 Å². The van der Waals surface area contributed by atoms with Crippen LogP contribution in [0.2, 0.25) is 0 Å². The normalized spacial score (nSPS) is 15.6. The molecule has 0 unspecified atom stereocenters. The van der Waals surface area contributed by atoms with Gasteiger partial charge in [-0.2, -0.15) is 0 Å². The number of hydrogen-bond donors (Lipinski definition) is 1. The number of aromatic nitrogens is 2. The SMILES string of the molecule is C1=CC(c2ccccc2)(c2ccccc2)Cc2[nH]cnc21. The van der Waals surface area contributed by atoms with Crippen LogP contribution in [0.25, 0.3) is 6.08 Å². The van der Waals surface area contributed by atoms with Crippen LogP contribution in [-0.4, -0.2) is 9.97 Å². The summed E-state index contributed by atoms with van der Waals surface area (Å²) in [5.74, 6) is 0. The summed E-state index contributed by atoms with van der Waals surface area (Å²) in [6.45, 7) is 0. The maximum Gasteiger partial charge on any atom is 0.0929 e. The number of nitrogens with zero attached hydrogens (tertiary/aromatic N) is 1. The molecule has 102 valence electrons. The third kappa shape index (κ3) is 1.91. The van der Waals surface area contributed by atoms with Crippen LogP contribution < -0.4 is 0 Å². The van der Waals surface area contributed by atoms with Gasteiger partial charge in [0.05, 0.1) is 12.0 Å². The summed E-state index contributed by atoms with van der Waals surface area (Å²) in [6.07, 6.45) is 7.12. The summed E-state index contributed by atoms with van der Waals surface area (Å²) in [7, 11) is 0. The van der Waals surface area contributed by atoms with E-state index in [-0.39, 0.29) is 5.41 Å². The molecule has 0 spiro atoms. The molecular weight excluding hydrogens is 256 g/mol. The summed E-state index contributed by atoms with van der Waals surface area (Å²) in [5.41, 5.74) is 4.75. The minimum Gasteiger partial charge on any atom is -0.348 e. The standard InChI is InChI=1S/C19H16N2/c1-3-7-15(8-4-1)19(16-9-5-2-6-10-16)12-11-17-18(13-19)21-14-20-17/h1-12,14H,13H2,(H,20,21). The van der Waals surface area contributed by atoms with E-state index in [0.29, 0.717) is 0 Å². The Bertz CT molecular complexity index is 730. The number of benzene rings is 2. The molecule has 1 aromatic heterocycles. The zero-order valence-electron chi connectivity index (χ0n) is 11.7. The third-order valence-corrected chi connectivity index (χ3v) is 4.31. The van der Waals surface area contributed by atoms with Gasteiger partial charge in [0, 0.05) is 17.5 Å². The molecule has 2 aromatic carbocycles. The Morgan fingerprint density at radius 2 is 1.48 bits per heavy atom. The average molecular weight is 272 g/mol. The molecule has 0 saturated carbocycles. The smallest absolute Gasteiger partial charge is 0.0929 e. The first-order valence-electron chi connectivity index (χ1n) is 7.21. The Balaban J connectivity index is 1.93. The Labute approximate surface area is 124 Å². The van der Waals surface area contributed by atoms with Crippen LogP contribution in [0.1, 0.15) is 22.5 Å². The highest BCUT2D eigenvalue weighted by Gasteiger charge is 2.35. The summed E-state index contributed by atoms with van der Waals surface area (Å²) in [5, 5.41) is 0. The van der Waals surface area contributed by atoms with Crippen LogP contribution in [0.5, 0.6) is 0 Å². The lowest BCUT2D eigenvalue weighted by Crippen LogP contribution is -2.30. The van der Waals surface area contributed by atoms with Crippen molar-refractivity contribution >= 4 is 6.08 Å². The van der Waals surface area contributed by atoms with Gasteiger partial charge in [-0.05, 0) is 17.2 Å². The fourth-order valence-electron chi connectivity index (χ4n) is 3.21. The molecule has 0 bridgehead atoms. The van der Waals surface area contributed by atoms with Crippen LogP contribution in [-0.2, 0) is 11.8 Å². The van der Waals surface area contributed by atoms with Crippen molar-refractivity contribution in [2.75, 3.05) is 0 Å². The van der Waals surface area contributed by atoms with E-state index in [9.17, 15) is 0 Å². The number of allylic oxidation sites excluding steroid dienone is 1. The second-order valence-electron chi connectivity index (χ2n) is 5.48. The zero-order valence-corrected chi connectivity index (χ0v) is 11.7. The highest BCUT2D eigenvalue weighted by atomic mass is 14.9. The largest absolute Gasteiger partial charge is 0.348 e. The molecule has 3 aromatic rings. The van der Waals surface area contributed by atoms with E-state index in [1.165, 1.54) is 16.8 Å². The third-order valence-electron chi connectivity index (χ3n) is 4.31. The number of nitrogens with one attached hydrogen (secondary N) is 1. The van der Waals surface area contributed by atoms with E-state index in [0.717, 1.165) is 12.1 Å². The van der Waals surface area contributed by atoms with Crippen LogP contribution in [0.15, 0.2) is 73.1 Å². The molecule has 2 nitrogen and oxygen atoms in total. The second kappa shape index (κ2) is 4.74. The lowest BCUT2D eigenvalue weighted by atomic mass is 9.69. The molecule has 0 radical (unpaired) electrons. The van der Waals surface area contributed by atoms with Gasteiger partial charge in [0.15, 0.2) is 0 Å². The van der Waals surface area contributed by atoms with Crippen LogP contribution in [0, 0.1) is 0 Å². The maximum atomic E-state index is 4.37. The van der Waals surface area contributed by atoms with Crippen LogP contribution in [0.4, 0.5) is 0 Å². The van der Waals surface area contributed by atoms with Gasteiger partial charge in [-0.3, -0.25) is 0 Å². The molecule has 4 rings (SSSR count). The van der Waals surface area contributed by atoms with Crippen molar-refractivity contribution in [2.24, 2.45) is 0 Å². The molecule has 2 heteroatoms. The zero-order chi connectivity index (χ0) is 14.1. The van der Waals surface area contributed by atoms with E-state index in [1.807, 2.05) is 0 Å². The number of H-pyrrole nitrogens is 1. The molecule has 0 aliphatic heterocycles. The first-order chi connectivity index (χ1) is 10.4. The van der Waals surface area contributed by atoms with Gasteiger partial charge in [0.25, 0.3) is 0 Å². The first-order valence-corrected chi connectivity index (χ1v) is 7.21. The van der Waals surface area contributed by atoms with Gasteiger partial charge in [-0.15, -0.1) is 0 Å². The number of aromatic amines is 1. The van der Waals surface area contributed by atoms with Crippen molar-refractivity contribution < 1.29 is 0 Å². The molecule has 1 aliphatic rings. The van der Waals surface area contributed by atoms with E-state index < -0.39 is 0 Å². The quantitative estimate of drug-likeness (QED) is 0.751. The van der Waals surface area contributed by atoms with Gasteiger partial charge in [-0.1, -0.05) is 66.7 Å². The second-order valence-corrected chi connectivity index (χ2v) is 5.48. The molecule has 0 fully saturated rings. The van der Waals surface area contributed by atoms with E-state index >= 15 is 0 Å². The van der Waals surface area contributed by atoms with Gasteiger partial charge in [0.1, 0.15) is 0 Å². The fraction of sp³-hybridized carbons (Fsp3) is 0.105. The number of imidazole rings is 1. The molecule has 21 heavy (non-hydrogen) atoms. The highest BCUT2D eigenvalue weighted by Crippen LogP contribution is 2.40. The molecule has 0 saturated heterocycles. The maximum absolute atomic E-state index is 4.37. The van der Waals surface area contributed by atoms with Gasteiger partial charge in [0.2, 0.25) is 0 Å². The van der Waals surface area contributed by atoms with E-state index in [1.54, 1.807) is 6.33 Å². The van der Waals surface area contributed by atoms with E-state index in [4.69, 9.17) is 0 Å². The van der Waals surface area contributed by atoms with Crippen LogP contribution in [0.3, 0.4) is 0 Å². The van der Waals surface area contributed by atoms with Crippen molar-refractivity contribution in [3.63, 3.8) is 0 Å². The molecule has 0 atom stereocenters. The minimum atomic E-state index is -0.123.